The Kier molecular flexibility index (Phi) is 15.6. The molecule has 1 N–H and O–H groups in total. The number of hydrogen-bond acceptors (Lipinski definition) is 12. The molecule has 5 heterocycles. The van der Waals surface area contributed by atoms with Gasteiger partial charge < -0.3 is 19.5 Å². The molecule has 0 spiro atoms. The largest absolute Gasteiger partial charge is 0.377 e. The molecule has 2 saturated heterocycles. The summed E-state index contributed by atoms with van der Waals surface area (Å²) in [4.78, 5) is 85.3. The smallest absolute Gasteiger partial charge is 0.333 e. The summed E-state index contributed by atoms with van der Waals surface area (Å²) in [5.41, 5.74) is 7.42. The summed E-state index contributed by atoms with van der Waals surface area (Å²) in [5.74, 6) is -3.25. The van der Waals surface area contributed by atoms with Gasteiger partial charge in [0.25, 0.3) is 33.7 Å². The summed E-state index contributed by atoms with van der Waals surface area (Å²) >= 11 is 0. The monoisotopic (exact) mass is 936 g/mol. The van der Waals surface area contributed by atoms with Gasteiger partial charge in [0.1, 0.15) is 6.54 Å². The lowest BCUT2D eigenvalue weighted by Crippen LogP contribution is -2.35. The maximum Gasteiger partial charge on any atom is 0.333 e. The second-order valence-corrected chi connectivity index (χ2v) is 18.5. The molecule has 7 rings (SSSR count). The highest BCUT2D eigenvalue weighted by Crippen LogP contribution is 2.39. The fraction of sp³-hybridized carbons (Fsp3) is 0.388. The van der Waals surface area contributed by atoms with Crippen LogP contribution in [0.2, 0.25) is 0 Å². The van der Waals surface area contributed by atoms with Crippen LogP contribution in [0.4, 0.5) is 11.4 Å². The predicted octanol–water partition coefficient (Wildman–Crippen LogP) is 5.81. The van der Waals surface area contributed by atoms with Crippen molar-refractivity contribution in [1.29, 1.82) is 0 Å². The Morgan fingerprint density at radius 2 is 1.33 bits per heavy atom. The summed E-state index contributed by atoms with van der Waals surface area (Å²) in [5, 5.41) is 1.13. The van der Waals surface area contributed by atoms with Crippen molar-refractivity contribution in [3.8, 4) is 0 Å². The topological polar surface area (TPSA) is 196 Å². The number of nitrogens with zero attached hydrogens (tertiary/aromatic N) is 6. The van der Waals surface area contributed by atoms with Gasteiger partial charge >= 0.3 is 11.9 Å². The fourth-order valence-corrected chi connectivity index (χ4v) is 8.90. The molecule has 4 aliphatic rings. The highest BCUT2D eigenvalue weighted by Gasteiger charge is 2.34. The Labute approximate surface area is 389 Å². The van der Waals surface area contributed by atoms with Gasteiger partial charge in [-0.15, -0.1) is 10.1 Å². The molecule has 0 radical (unpaired) electrons. The second kappa shape index (κ2) is 21.7. The van der Waals surface area contributed by atoms with Crippen LogP contribution in [0.5, 0.6) is 0 Å². The number of aryl methyl sites for hydroxylation is 1. The number of anilines is 2. The summed E-state index contributed by atoms with van der Waals surface area (Å²) in [6.07, 6.45) is 23.1. The normalized spacial score (nSPS) is 17.6. The van der Waals surface area contributed by atoms with E-state index in [-0.39, 0.29) is 43.4 Å². The molecule has 2 aromatic heterocycles. The third-order valence-electron chi connectivity index (χ3n) is 12.0. The van der Waals surface area contributed by atoms with Crippen LogP contribution in [-0.4, -0.2) is 79.3 Å². The number of hydroxylamine groups is 4. The van der Waals surface area contributed by atoms with E-state index in [1.54, 1.807) is 6.07 Å². The van der Waals surface area contributed by atoms with Gasteiger partial charge in [0.15, 0.2) is 24.8 Å². The molecule has 0 saturated carbocycles. The molecule has 1 aliphatic carbocycles. The van der Waals surface area contributed by atoms with E-state index >= 15 is 0 Å². The van der Waals surface area contributed by atoms with E-state index in [4.69, 9.17) is 9.68 Å². The molecule has 3 aliphatic heterocycles. The van der Waals surface area contributed by atoms with Crippen molar-refractivity contribution in [3.63, 3.8) is 0 Å². The molecule has 18 heteroatoms. The SMILES string of the molecule is CN(C)c1cc[n+](C2=C(/C=C3\C=CN(CCCCCC(=O)ON4C(=O)CCC4=O)c4ccc(S(=O)(=O)O)cc43)CCC/C2=C\c2cc[n+](CCCCCC(=O)ON3C(=O)CCC3=O)cc2)cc1. The average Bonchev–Trinajstić information content (AvgIpc) is 3.79. The summed E-state index contributed by atoms with van der Waals surface area (Å²) in [6, 6.07) is 12.8. The molecule has 1 aromatic carbocycles. The van der Waals surface area contributed by atoms with Gasteiger partial charge in [0.05, 0.1) is 4.90 Å². The summed E-state index contributed by atoms with van der Waals surface area (Å²) in [7, 11) is -0.542. The number of pyridine rings is 2. The molecular weight excluding hydrogens is 881 g/mol. The maximum absolute atomic E-state index is 12.4. The van der Waals surface area contributed by atoms with E-state index in [1.165, 1.54) is 12.1 Å². The quantitative estimate of drug-likeness (QED) is 0.0656. The number of amides is 4. The highest BCUT2D eigenvalue weighted by molar-refractivity contribution is 7.85. The molecule has 352 valence electrons. The van der Waals surface area contributed by atoms with Crippen LogP contribution in [0.25, 0.3) is 17.3 Å². The Balaban J connectivity index is 1.07. The number of carbonyl (C=O) groups is 6. The number of allylic oxidation sites excluding steroid dienone is 6. The van der Waals surface area contributed by atoms with E-state index in [1.807, 2.05) is 61.0 Å². The van der Waals surface area contributed by atoms with Crippen molar-refractivity contribution in [1.82, 2.24) is 10.1 Å². The lowest BCUT2D eigenvalue weighted by atomic mass is 9.87. The van der Waals surface area contributed by atoms with Gasteiger partial charge in [0, 0.05) is 124 Å². The minimum atomic E-state index is -4.52. The number of rotatable bonds is 19. The highest BCUT2D eigenvalue weighted by atomic mass is 32.2. The van der Waals surface area contributed by atoms with E-state index in [9.17, 15) is 41.7 Å². The van der Waals surface area contributed by atoms with Crippen LogP contribution >= 0.6 is 0 Å². The third kappa shape index (κ3) is 12.4. The van der Waals surface area contributed by atoms with Crippen LogP contribution in [-0.2, 0) is 55.1 Å². The number of imide groups is 2. The van der Waals surface area contributed by atoms with E-state index < -0.39 is 45.7 Å². The minimum Gasteiger partial charge on any atom is -0.377 e. The van der Waals surface area contributed by atoms with Crippen LogP contribution in [0.3, 0.4) is 0 Å². The third-order valence-corrected chi connectivity index (χ3v) is 12.8. The molecule has 2 fully saturated rings. The van der Waals surface area contributed by atoms with Gasteiger partial charge in [0.2, 0.25) is 5.70 Å². The standard InChI is InChI=1S/C49H55N6O11S/c1-50(2)39-23-30-53(31-24-39)49-37(32-35-20-27-51(28-21-35)25-7-3-5-12-47(60)65-54-43(56)16-17-44(54)57)10-9-11-38(49)33-36-22-29-52(42-15-14-40(34-41(36)42)67(62,63)64)26-8-4-6-13-48(61)66-55-45(58)18-19-46(55)59/h14-15,20-24,27-34H,3-13,16-19,25-26H2,1-2H3/q+1/p+1. The van der Waals surface area contributed by atoms with E-state index in [2.05, 4.69) is 45.6 Å². The van der Waals surface area contributed by atoms with Crippen LogP contribution in [0.1, 0.15) is 107 Å². The first-order valence-electron chi connectivity index (χ1n) is 22.7. The average molecular weight is 937 g/mol. The Bertz CT molecular complexity index is 2620. The van der Waals surface area contributed by atoms with Gasteiger partial charge in [-0.05, 0) is 92.5 Å². The molecule has 0 atom stereocenters. The predicted molar refractivity (Wildman–Crippen MR) is 245 cm³/mol. The molecule has 3 aromatic rings. The summed E-state index contributed by atoms with van der Waals surface area (Å²) in [6.45, 7) is 1.29. The molecule has 0 bridgehead atoms. The zero-order chi connectivity index (χ0) is 47.7. The van der Waals surface area contributed by atoms with Crippen LogP contribution < -0.4 is 18.9 Å². The van der Waals surface area contributed by atoms with Crippen LogP contribution in [0.15, 0.2) is 102 Å². The first kappa shape index (κ1) is 48.2. The van der Waals surface area contributed by atoms with Crippen LogP contribution in [0, 0.1) is 0 Å². The van der Waals surface area contributed by atoms with Crippen molar-refractivity contribution < 1.29 is 60.5 Å². The van der Waals surface area contributed by atoms with Crippen molar-refractivity contribution in [2.45, 2.75) is 108 Å². The van der Waals surface area contributed by atoms with Crippen molar-refractivity contribution >= 4 is 74.4 Å². The fourth-order valence-electron chi connectivity index (χ4n) is 8.39. The zero-order valence-electron chi connectivity index (χ0n) is 37.8. The van der Waals surface area contributed by atoms with Crippen molar-refractivity contribution in [2.24, 2.45) is 0 Å². The van der Waals surface area contributed by atoms with Gasteiger partial charge in [-0.1, -0.05) is 6.42 Å². The molecular formula is C49H56N6O11S+2. The van der Waals surface area contributed by atoms with Gasteiger partial charge in [-0.2, -0.15) is 13.0 Å². The number of hydrogen-bond donors (Lipinski definition) is 1. The lowest BCUT2D eigenvalue weighted by Gasteiger charge is -2.28. The van der Waals surface area contributed by atoms with Gasteiger partial charge in [-0.3, -0.25) is 23.7 Å². The Morgan fingerprint density at radius 3 is 1.91 bits per heavy atom. The number of unbranched alkanes of at least 4 members (excludes halogenated alkanes) is 4. The number of benzene rings is 1. The Morgan fingerprint density at radius 1 is 0.731 bits per heavy atom. The van der Waals surface area contributed by atoms with E-state index in [0.29, 0.717) is 47.9 Å². The molecule has 0 unspecified atom stereocenters. The maximum atomic E-state index is 12.4. The number of fused-ring (bicyclic) bond motifs is 1. The van der Waals surface area contributed by atoms with Crippen molar-refractivity contribution in [3.05, 3.63) is 108 Å². The Hall–Kier alpha value is -6.79. The first-order valence-corrected chi connectivity index (χ1v) is 24.1. The molecule has 4 amide bonds. The molecule has 17 nitrogen and oxygen atoms in total. The minimum absolute atomic E-state index is 0.0306. The number of aromatic nitrogens is 2. The lowest BCUT2D eigenvalue weighted by molar-refractivity contribution is -0.697. The zero-order valence-corrected chi connectivity index (χ0v) is 38.6. The molecule has 67 heavy (non-hydrogen) atoms. The van der Waals surface area contributed by atoms with E-state index in [0.717, 1.165) is 78.0 Å². The second-order valence-electron chi connectivity index (χ2n) is 17.1. The number of carbonyl (C=O) groups excluding carboxylic acids is 6. The van der Waals surface area contributed by atoms with Crippen molar-refractivity contribution in [2.75, 3.05) is 30.4 Å². The summed E-state index contributed by atoms with van der Waals surface area (Å²) < 4.78 is 39.1. The van der Waals surface area contributed by atoms with Gasteiger partial charge in [-0.25, -0.2) is 14.2 Å². The first-order chi connectivity index (χ1) is 32.1.